The zero-order valence-electron chi connectivity index (χ0n) is 26.0. The molecule has 1 aliphatic carbocycles. The third-order valence-electron chi connectivity index (χ3n) is 7.80. The Hall–Kier alpha value is -5.03. The average molecular weight is 704 g/mol. The van der Waals surface area contributed by atoms with Crippen molar-refractivity contribution in [1.82, 2.24) is 5.32 Å². The van der Waals surface area contributed by atoms with E-state index in [-0.39, 0.29) is 41.6 Å². The quantitative estimate of drug-likeness (QED) is 0.141. The summed E-state index contributed by atoms with van der Waals surface area (Å²) in [6.45, 7) is 0. The number of halogens is 1. The van der Waals surface area contributed by atoms with Crippen LogP contribution in [0.1, 0.15) is 52.0 Å². The van der Waals surface area contributed by atoms with Gasteiger partial charge >= 0.3 is 5.97 Å². The first-order valence-corrected chi connectivity index (χ1v) is 15.9. The van der Waals surface area contributed by atoms with E-state index in [1.54, 1.807) is 87.0 Å². The first-order valence-electron chi connectivity index (χ1n) is 15.1. The number of aromatic carboxylic acids is 1. The fourth-order valence-corrected chi connectivity index (χ4v) is 5.68. The lowest BCUT2D eigenvalue weighted by Crippen LogP contribution is -2.39. The van der Waals surface area contributed by atoms with Gasteiger partial charge in [0, 0.05) is 22.1 Å². The molecule has 0 bridgehead atoms. The van der Waals surface area contributed by atoms with Gasteiger partial charge in [-0.1, -0.05) is 28.1 Å². The minimum absolute atomic E-state index is 0.00900. The lowest BCUT2D eigenvalue weighted by Gasteiger charge is -2.29. The highest BCUT2D eigenvalue weighted by Crippen LogP contribution is 2.36. The molecule has 0 aromatic heterocycles. The van der Waals surface area contributed by atoms with Crippen LogP contribution in [0.4, 0.5) is 5.69 Å². The lowest BCUT2D eigenvalue weighted by atomic mass is 9.92. The van der Waals surface area contributed by atoms with E-state index >= 15 is 0 Å². The van der Waals surface area contributed by atoms with Gasteiger partial charge in [0.05, 0.1) is 38.0 Å². The average Bonchev–Trinajstić information content (AvgIpc) is 3.07. The van der Waals surface area contributed by atoms with E-state index < -0.39 is 5.97 Å². The van der Waals surface area contributed by atoms with Gasteiger partial charge in [0.2, 0.25) is 5.91 Å². The smallest absolute Gasteiger partial charge is 0.337 e. The van der Waals surface area contributed by atoms with Gasteiger partial charge < -0.3 is 34.7 Å². The number of amides is 2. The summed E-state index contributed by atoms with van der Waals surface area (Å²) in [5, 5.41) is 15.2. The number of anilines is 1. The Morgan fingerprint density at radius 1 is 0.787 bits per heavy atom. The normalized spacial score (nSPS) is 15.6. The number of carboxylic acid groups (broad SMARTS) is 1. The first kappa shape index (κ1) is 33.3. The monoisotopic (exact) mass is 702 g/mol. The number of nitrogens with one attached hydrogen (secondary N) is 2. The molecule has 0 radical (unpaired) electrons. The molecular weight excluding hydrogens is 668 g/mol. The van der Waals surface area contributed by atoms with Crippen LogP contribution in [0.2, 0.25) is 0 Å². The van der Waals surface area contributed by atoms with E-state index in [0.717, 1.165) is 31.2 Å². The van der Waals surface area contributed by atoms with Crippen molar-refractivity contribution in [2.75, 3.05) is 19.5 Å². The van der Waals surface area contributed by atoms with Gasteiger partial charge in [-0.25, -0.2) is 4.79 Å². The van der Waals surface area contributed by atoms with Crippen LogP contribution in [-0.2, 0) is 11.2 Å². The molecule has 0 atom stereocenters. The van der Waals surface area contributed by atoms with Crippen molar-refractivity contribution in [3.8, 4) is 28.7 Å². The Balaban J connectivity index is 1.11. The van der Waals surface area contributed by atoms with Gasteiger partial charge in [0.25, 0.3) is 5.91 Å². The second kappa shape index (κ2) is 15.5. The molecule has 47 heavy (non-hydrogen) atoms. The number of methoxy groups -OCH3 is 2. The van der Waals surface area contributed by atoms with Crippen molar-refractivity contribution in [3.05, 3.63) is 106 Å². The third kappa shape index (κ3) is 9.04. The van der Waals surface area contributed by atoms with Gasteiger partial charge in [-0.3, -0.25) is 9.59 Å². The maximum absolute atomic E-state index is 12.6. The molecular formula is C36H35BrN2O8. The molecule has 0 saturated heterocycles. The summed E-state index contributed by atoms with van der Waals surface area (Å²) in [5.41, 5.74) is 1.56. The topological polar surface area (TPSA) is 132 Å². The number of carboxylic acids is 1. The van der Waals surface area contributed by atoms with Crippen molar-refractivity contribution in [1.29, 1.82) is 0 Å². The molecule has 244 valence electrons. The Labute approximate surface area is 281 Å². The van der Waals surface area contributed by atoms with Gasteiger partial charge in [0.1, 0.15) is 17.2 Å². The Bertz CT molecular complexity index is 1720. The SMILES string of the molecule is COc1ccc(C(=O)NC2CCC(Oc3ccc(Oc4ccc(CC(=O)Nc5cc(Br)ccc5C(=O)O)cc4)c(OC)c3)CC2)cc1. The van der Waals surface area contributed by atoms with Crippen LogP contribution in [0, 0.1) is 0 Å². The number of carbonyl (C=O) groups is 3. The fourth-order valence-electron chi connectivity index (χ4n) is 5.32. The first-order chi connectivity index (χ1) is 22.7. The highest BCUT2D eigenvalue weighted by atomic mass is 79.9. The van der Waals surface area contributed by atoms with Crippen LogP contribution in [0.5, 0.6) is 28.7 Å². The molecule has 0 spiro atoms. The molecule has 2 amide bonds. The van der Waals surface area contributed by atoms with Crippen LogP contribution < -0.4 is 29.6 Å². The van der Waals surface area contributed by atoms with E-state index in [1.807, 2.05) is 6.07 Å². The van der Waals surface area contributed by atoms with E-state index in [0.29, 0.717) is 38.8 Å². The minimum Gasteiger partial charge on any atom is -0.497 e. The second-order valence-corrected chi connectivity index (χ2v) is 12.0. The molecule has 1 aliphatic rings. The van der Waals surface area contributed by atoms with E-state index in [1.165, 1.54) is 6.07 Å². The molecule has 1 saturated carbocycles. The van der Waals surface area contributed by atoms with Crippen LogP contribution in [-0.4, -0.2) is 49.3 Å². The number of rotatable bonds is 12. The summed E-state index contributed by atoms with van der Waals surface area (Å²) < 4.78 is 23.7. The summed E-state index contributed by atoms with van der Waals surface area (Å²) >= 11 is 3.30. The standard InChI is InChI=1S/C36H35BrN2O8/c1-44-26-12-5-23(6-13-26)35(41)38-25-8-14-27(15-9-25)46-29-16-18-32(33(21-29)45-2)47-28-10-3-22(4-11-28)19-34(40)39-31-20-24(37)7-17-30(31)36(42)43/h3-7,10-13,16-18,20-21,25,27H,8-9,14-15,19H2,1-2H3,(H,38,41)(H,39,40)(H,42,43). The van der Waals surface area contributed by atoms with Gasteiger partial charge in [0.15, 0.2) is 11.5 Å². The molecule has 1 fully saturated rings. The lowest BCUT2D eigenvalue weighted by molar-refractivity contribution is -0.115. The third-order valence-corrected chi connectivity index (χ3v) is 8.29. The molecule has 10 nitrogen and oxygen atoms in total. The van der Waals surface area contributed by atoms with Crippen LogP contribution in [0.25, 0.3) is 0 Å². The minimum atomic E-state index is -1.12. The maximum Gasteiger partial charge on any atom is 0.337 e. The maximum atomic E-state index is 12.6. The van der Waals surface area contributed by atoms with E-state index in [9.17, 15) is 19.5 Å². The Morgan fingerprint density at radius 2 is 1.47 bits per heavy atom. The molecule has 11 heteroatoms. The summed E-state index contributed by atoms with van der Waals surface area (Å²) in [6.07, 6.45) is 3.32. The zero-order chi connectivity index (χ0) is 33.3. The van der Waals surface area contributed by atoms with Crippen LogP contribution in [0.15, 0.2) is 89.4 Å². The molecule has 4 aromatic carbocycles. The predicted molar refractivity (Wildman–Crippen MR) is 180 cm³/mol. The van der Waals surface area contributed by atoms with E-state index in [4.69, 9.17) is 18.9 Å². The zero-order valence-corrected chi connectivity index (χ0v) is 27.5. The van der Waals surface area contributed by atoms with Gasteiger partial charge in [-0.2, -0.15) is 0 Å². The largest absolute Gasteiger partial charge is 0.497 e. The summed E-state index contributed by atoms with van der Waals surface area (Å²) in [7, 11) is 3.15. The predicted octanol–water partition coefficient (Wildman–Crippen LogP) is 7.26. The molecule has 0 heterocycles. The number of hydrogen-bond donors (Lipinski definition) is 3. The number of benzene rings is 4. The molecule has 3 N–H and O–H groups in total. The summed E-state index contributed by atoms with van der Waals surface area (Å²) in [5.74, 6) is 1.38. The van der Waals surface area contributed by atoms with Crippen molar-refractivity contribution in [3.63, 3.8) is 0 Å². The Morgan fingerprint density at radius 3 is 2.13 bits per heavy atom. The molecule has 5 rings (SSSR count). The molecule has 4 aromatic rings. The van der Waals surface area contributed by atoms with Crippen molar-refractivity contribution in [2.45, 2.75) is 44.2 Å². The summed E-state index contributed by atoms with van der Waals surface area (Å²) in [6, 6.07) is 24.2. The van der Waals surface area contributed by atoms with Gasteiger partial charge in [-0.15, -0.1) is 0 Å². The molecule has 0 aliphatic heterocycles. The van der Waals surface area contributed by atoms with Crippen molar-refractivity contribution >= 4 is 39.4 Å². The number of ether oxygens (including phenoxy) is 4. The van der Waals surface area contributed by atoms with Crippen LogP contribution in [0.3, 0.4) is 0 Å². The van der Waals surface area contributed by atoms with Crippen molar-refractivity contribution in [2.24, 2.45) is 0 Å². The fraction of sp³-hybridized carbons (Fsp3) is 0.250. The highest BCUT2D eigenvalue weighted by Gasteiger charge is 2.24. The second-order valence-electron chi connectivity index (χ2n) is 11.1. The number of hydrogen-bond acceptors (Lipinski definition) is 7. The van der Waals surface area contributed by atoms with Crippen LogP contribution >= 0.6 is 15.9 Å². The van der Waals surface area contributed by atoms with Gasteiger partial charge in [-0.05, 0) is 98.0 Å². The van der Waals surface area contributed by atoms with E-state index in [2.05, 4.69) is 26.6 Å². The summed E-state index contributed by atoms with van der Waals surface area (Å²) in [4.78, 5) is 36.8. The number of carbonyl (C=O) groups excluding carboxylic acids is 2. The molecule has 0 unspecified atom stereocenters. The van der Waals surface area contributed by atoms with Crippen molar-refractivity contribution < 1.29 is 38.4 Å². The highest BCUT2D eigenvalue weighted by molar-refractivity contribution is 9.10. The Kier molecular flexibility index (Phi) is 11.0.